The number of aryl methyl sites for hydroxylation is 1. The highest BCUT2D eigenvalue weighted by Crippen LogP contribution is 2.49. The fourth-order valence-electron chi connectivity index (χ4n) is 5.52. The van der Waals surface area contributed by atoms with E-state index in [1.165, 1.54) is 50.1 Å². The van der Waals surface area contributed by atoms with Gasteiger partial charge in [0.25, 0.3) is 0 Å². The van der Waals surface area contributed by atoms with Crippen LogP contribution in [0.25, 0.3) is 27.8 Å². The van der Waals surface area contributed by atoms with Crippen LogP contribution in [0.1, 0.15) is 48.9 Å². The molecule has 172 valence electrons. The van der Waals surface area contributed by atoms with Crippen LogP contribution in [0, 0.1) is 6.92 Å². The van der Waals surface area contributed by atoms with Crippen molar-refractivity contribution >= 4 is 16.9 Å². The molecule has 0 heterocycles. The summed E-state index contributed by atoms with van der Waals surface area (Å²) < 4.78 is 0. The first-order chi connectivity index (χ1) is 17.0. The van der Waals surface area contributed by atoms with E-state index in [0.717, 1.165) is 24.2 Å². The summed E-state index contributed by atoms with van der Waals surface area (Å²) in [6.07, 6.45) is 9.11. The molecular formula is C34H31N. The molecule has 2 aliphatic rings. The molecule has 0 radical (unpaired) electrons. The van der Waals surface area contributed by atoms with Gasteiger partial charge in [-0.1, -0.05) is 98.3 Å². The van der Waals surface area contributed by atoms with Gasteiger partial charge in [0.2, 0.25) is 0 Å². The largest absolute Gasteiger partial charge is 0.356 e. The van der Waals surface area contributed by atoms with E-state index < -0.39 is 0 Å². The maximum Gasteiger partial charge on any atom is 0.0387 e. The Morgan fingerprint density at radius 2 is 1.23 bits per heavy atom. The number of fused-ring (bicyclic) bond motifs is 3. The van der Waals surface area contributed by atoms with Crippen LogP contribution in [-0.2, 0) is 5.41 Å². The van der Waals surface area contributed by atoms with Crippen molar-refractivity contribution in [1.29, 1.82) is 0 Å². The third-order valence-corrected chi connectivity index (χ3v) is 7.55. The number of hydrogen-bond donors (Lipinski definition) is 1. The van der Waals surface area contributed by atoms with Gasteiger partial charge in [0.1, 0.15) is 0 Å². The summed E-state index contributed by atoms with van der Waals surface area (Å²) in [6.45, 7) is 6.85. The summed E-state index contributed by atoms with van der Waals surface area (Å²) in [5, 5.41) is 3.63. The fourth-order valence-corrected chi connectivity index (χ4v) is 5.52. The lowest BCUT2D eigenvalue weighted by Crippen LogP contribution is -2.15. The van der Waals surface area contributed by atoms with Crippen LogP contribution >= 0.6 is 0 Å². The first kappa shape index (κ1) is 21.7. The van der Waals surface area contributed by atoms with E-state index in [9.17, 15) is 0 Å². The summed E-state index contributed by atoms with van der Waals surface area (Å²) in [6, 6.07) is 31.3. The normalized spacial score (nSPS) is 15.3. The van der Waals surface area contributed by atoms with Gasteiger partial charge < -0.3 is 5.32 Å². The monoisotopic (exact) mass is 453 g/mol. The SMILES string of the molecule is Cc1ccc2c(c1)C(C)(C)c1cc(Nc3ccc(-c4ccc(C5=CCCC=C5)cc4)cc3)ccc1-2. The second-order valence-corrected chi connectivity index (χ2v) is 10.4. The van der Waals surface area contributed by atoms with Crippen LogP contribution in [0.5, 0.6) is 0 Å². The van der Waals surface area contributed by atoms with E-state index in [1.54, 1.807) is 0 Å². The zero-order chi connectivity index (χ0) is 24.0. The first-order valence-electron chi connectivity index (χ1n) is 12.6. The summed E-state index contributed by atoms with van der Waals surface area (Å²) in [5.41, 5.74) is 14.2. The average molecular weight is 454 g/mol. The molecule has 6 rings (SSSR count). The summed E-state index contributed by atoms with van der Waals surface area (Å²) in [4.78, 5) is 0. The minimum Gasteiger partial charge on any atom is -0.356 e. The van der Waals surface area contributed by atoms with E-state index in [1.807, 2.05) is 0 Å². The smallest absolute Gasteiger partial charge is 0.0387 e. The van der Waals surface area contributed by atoms with Gasteiger partial charge in [0.15, 0.2) is 0 Å². The fraction of sp³-hybridized carbons (Fsp3) is 0.176. The van der Waals surface area contributed by atoms with Crippen LogP contribution in [0.15, 0.2) is 103 Å². The maximum absolute atomic E-state index is 3.63. The molecule has 0 aliphatic heterocycles. The van der Waals surface area contributed by atoms with Gasteiger partial charge >= 0.3 is 0 Å². The van der Waals surface area contributed by atoms with E-state index in [-0.39, 0.29) is 5.41 Å². The molecule has 4 aromatic carbocycles. The molecule has 1 heteroatoms. The third-order valence-electron chi connectivity index (χ3n) is 7.55. The van der Waals surface area contributed by atoms with Crippen LogP contribution < -0.4 is 5.32 Å². The Kier molecular flexibility index (Phi) is 5.22. The Morgan fingerprint density at radius 1 is 0.629 bits per heavy atom. The molecule has 35 heavy (non-hydrogen) atoms. The Bertz CT molecular complexity index is 1460. The van der Waals surface area contributed by atoms with Gasteiger partial charge in [-0.3, -0.25) is 0 Å². The van der Waals surface area contributed by atoms with E-state index in [0.29, 0.717) is 0 Å². The highest BCUT2D eigenvalue weighted by molar-refractivity contribution is 5.83. The molecule has 0 aromatic heterocycles. The second kappa shape index (κ2) is 8.43. The van der Waals surface area contributed by atoms with Gasteiger partial charge in [-0.2, -0.15) is 0 Å². The number of hydrogen-bond acceptors (Lipinski definition) is 1. The van der Waals surface area contributed by atoms with Gasteiger partial charge in [-0.05, 0) is 88.5 Å². The molecule has 0 amide bonds. The van der Waals surface area contributed by atoms with Crippen molar-refractivity contribution in [2.75, 3.05) is 5.32 Å². The van der Waals surface area contributed by atoms with Crippen LogP contribution in [0.3, 0.4) is 0 Å². The average Bonchev–Trinajstić information content (AvgIpc) is 3.11. The highest BCUT2D eigenvalue weighted by Gasteiger charge is 2.35. The molecular weight excluding hydrogens is 422 g/mol. The van der Waals surface area contributed by atoms with Crippen molar-refractivity contribution in [2.45, 2.75) is 39.0 Å². The van der Waals surface area contributed by atoms with Gasteiger partial charge in [0, 0.05) is 16.8 Å². The zero-order valence-corrected chi connectivity index (χ0v) is 20.7. The molecule has 0 saturated heterocycles. The third kappa shape index (κ3) is 3.91. The molecule has 0 unspecified atom stereocenters. The lowest BCUT2D eigenvalue weighted by atomic mass is 9.82. The maximum atomic E-state index is 3.63. The molecule has 0 spiro atoms. The predicted molar refractivity (Wildman–Crippen MR) is 150 cm³/mol. The molecule has 0 fully saturated rings. The summed E-state index contributed by atoms with van der Waals surface area (Å²) in [7, 11) is 0. The zero-order valence-electron chi connectivity index (χ0n) is 20.7. The van der Waals surface area contributed by atoms with Crippen molar-refractivity contribution in [3.8, 4) is 22.3 Å². The molecule has 0 saturated carbocycles. The second-order valence-electron chi connectivity index (χ2n) is 10.4. The van der Waals surface area contributed by atoms with Crippen molar-refractivity contribution in [1.82, 2.24) is 0 Å². The Labute approximate surface area is 208 Å². The Balaban J connectivity index is 1.21. The van der Waals surface area contributed by atoms with Crippen molar-refractivity contribution < 1.29 is 0 Å². The van der Waals surface area contributed by atoms with Crippen LogP contribution in [0.4, 0.5) is 11.4 Å². The van der Waals surface area contributed by atoms with Gasteiger partial charge in [0.05, 0.1) is 0 Å². The molecule has 1 nitrogen and oxygen atoms in total. The quantitative estimate of drug-likeness (QED) is 0.324. The minimum atomic E-state index is 0.00780. The van der Waals surface area contributed by atoms with E-state index in [4.69, 9.17) is 0 Å². The lowest BCUT2D eigenvalue weighted by Gasteiger charge is -2.22. The standard InChI is InChI=1S/C34H31N/c1-23-9-19-30-31-20-18-29(22-33(31)34(2,3)32(30)21-23)35-28-16-14-27(15-17-28)26-12-10-25(11-13-26)24-7-5-4-6-8-24/h5,7-22,35H,4,6H2,1-3H3. The molecule has 0 bridgehead atoms. The Hall–Kier alpha value is -3.84. The van der Waals surface area contributed by atoms with Crippen LogP contribution in [0.2, 0.25) is 0 Å². The van der Waals surface area contributed by atoms with Crippen molar-refractivity contribution in [3.63, 3.8) is 0 Å². The first-order valence-corrected chi connectivity index (χ1v) is 12.6. The number of benzene rings is 4. The van der Waals surface area contributed by atoms with E-state index >= 15 is 0 Å². The minimum absolute atomic E-state index is 0.00780. The molecule has 2 aliphatic carbocycles. The van der Waals surface area contributed by atoms with Crippen molar-refractivity contribution in [3.05, 3.63) is 125 Å². The molecule has 1 N–H and O–H groups in total. The van der Waals surface area contributed by atoms with Crippen molar-refractivity contribution in [2.24, 2.45) is 0 Å². The Morgan fingerprint density at radius 3 is 1.91 bits per heavy atom. The lowest BCUT2D eigenvalue weighted by molar-refractivity contribution is 0.660. The number of allylic oxidation sites excluding steroid dienone is 4. The van der Waals surface area contributed by atoms with Crippen LogP contribution in [-0.4, -0.2) is 0 Å². The number of nitrogens with one attached hydrogen (secondary N) is 1. The number of anilines is 2. The summed E-state index contributed by atoms with van der Waals surface area (Å²) >= 11 is 0. The topological polar surface area (TPSA) is 12.0 Å². The predicted octanol–water partition coefficient (Wildman–Crippen LogP) is 9.45. The van der Waals surface area contributed by atoms with Gasteiger partial charge in [-0.15, -0.1) is 0 Å². The highest BCUT2D eigenvalue weighted by atomic mass is 14.9. The van der Waals surface area contributed by atoms with E-state index in [2.05, 4.69) is 129 Å². The molecule has 0 atom stereocenters. The number of rotatable bonds is 4. The van der Waals surface area contributed by atoms with Gasteiger partial charge in [-0.25, -0.2) is 0 Å². The molecule has 4 aromatic rings. The summed E-state index contributed by atoms with van der Waals surface area (Å²) in [5.74, 6) is 0.